The van der Waals surface area contributed by atoms with Crippen molar-refractivity contribution < 1.29 is 9.59 Å². The first-order chi connectivity index (χ1) is 5.13. The van der Waals surface area contributed by atoms with Crippen LogP contribution in [0.15, 0.2) is 10.8 Å². The molecule has 0 saturated carbocycles. The van der Waals surface area contributed by atoms with Crippen LogP contribution in [-0.2, 0) is 0 Å². The Morgan fingerprint density at radius 1 is 1.09 bits per heavy atom. The molecule has 58 valence electrons. The van der Waals surface area contributed by atoms with Gasteiger partial charge in [-0.3, -0.25) is 9.59 Å². The molecule has 0 aliphatic carbocycles. The number of carbonyl (C=O) groups is 2. The molecule has 0 aliphatic rings. The molecule has 0 aromatic carbocycles. The van der Waals surface area contributed by atoms with Gasteiger partial charge in [0.2, 0.25) is 0 Å². The number of rotatable bonds is 2. The minimum absolute atomic E-state index is 0.0450. The lowest BCUT2D eigenvalue weighted by molar-refractivity contribution is 0.0981. The lowest BCUT2D eigenvalue weighted by Gasteiger charge is -1.92. The molecule has 0 bridgehead atoms. The summed E-state index contributed by atoms with van der Waals surface area (Å²) in [6, 6.07) is 0. The highest BCUT2D eigenvalue weighted by molar-refractivity contribution is 7.08. The second kappa shape index (κ2) is 2.96. The third-order valence-corrected chi connectivity index (χ3v) is 2.16. The maximum absolute atomic E-state index is 10.9. The van der Waals surface area contributed by atoms with Crippen molar-refractivity contribution >= 4 is 22.9 Å². The lowest BCUT2D eigenvalue weighted by Crippen LogP contribution is -1.99. The number of ketones is 2. The summed E-state index contributed by atoms with van der Waals surface area (Å²) in [4.78, 5) is 21.8. The maximum atomic E-state index is 10.9. The van der Waals surface area contributed by atoms with Crippen molar-refractivity contribution in [1.82, 2.24) is 0 Å². The normalized spacial score (nSPS) is 9.64. The molecule has 3 heteroatoms. The molecule has 0 saturated heterocycles. The number of Topliss-reactive ketones (excluding diaryl/α,β-unsaturated/α-hetero) is 2. The van der Waals surface area contributed by atoms with E-state index in [0.717, 1.165) is 0 Å². The van der Waals surface area contributed by atoms with E-state index < -0.39 is 0 Å². The Morgan fingerprint density at radius 3 is 1.73 bits per heavy atom. The summed E-state index contributed by atoms with van der Waals surface area (Å²) in [5.41, 5.74) is 1.09. The monoisotopic (exact) mass is 168 g/mol. The largest absolute Gasteiger partial charge is 0.294 e. The van der Waals surface area contributed by atoms with Crippen LogP contribution in [0, 0.1) is 0 Å². The molecule has 0 spiro atoms. The standard InChI is InChI=1S/C8H8O2S/c1-5(9)7-3-11-4-8(7)6(2)10/h3-4H,1-2H3. The summed E-state index contributed by atoms with van der Waals surface area (Å²) in [5.74, 6) is -0.0899. The summed E-state index contributed by atoms with van der Waals surface area (Å²) in [6.07, 6.45) is 0. The summed E-state index contributed by atoms with van der Waals surface area (Å²) in [7, 11) is 0. The summed E-state index contributed by atoms with van der Waals surface area (Å²) >= 11 is 1.38. The van der Waals surface area contributed by atoms with E-state index in [4.69, 9.17) is 0 Å². The molecule has 1 aromatic rings. The van der Waals surface area contributed by atoms with E-state index in [1.165, 1.54) is 25.2 Å². The van der Waals surface area contributed by atoms with Crippen molar-refractivity contribution in [3.8, 4) is 0 Å². The van der Waals surface area contributed by atoms with E-state index in [0.29, 0.717) is 11.1 Å². The average molecular weight is 168 g/mol. The number of hydrogen-bond acceptors (Lipinski definition) is 3. The van der Waals surface area contributed by atoms with Crippen molar-refractivity contribution in [2.45, 2.75) is 13.8 Å². The number of thiophene rings is 1. The van der Waals surface area contributed by atoms with Gasteiger partial charge in [-0.05, 0) is 13.8 Å². The molecule has 0 amide bonds. The van der Waals surface area contributed by atoms with E-state index in [-0.39, 0.29) is 11.6 Å². The van der Waals surface area contributed by atoms with Gasteiger partial charge in [-0.1, -0.05) is 0 Å². The molecule has 0 atom stereocenters. The van der Waals surface area contributed by atoms with Crippen LogP contribution in [0.1, 0.15) is 34.6 Å². The molecular formula is C8H8O2S. The van der Waals surface area contributed by atoms with Crippen LogP contribution in [0.4, 0.5) is 0 Å². The lowest BCUT2D eigenvalue weighted by atomic mass is 10.1. The van der Waals surface area contributed by atoms with Gasteiger partial charge < -0.3 is 0 Å². The zero-order valence-corrected chi connectivity index (χ0v) is 7.20. The SMILES string of the molecule is CC(=O)c1cscc1C(C)=O. The summed E-state index contributed by atoms with van der Waals surface area (Å²) < 4.78 is 0. The average Bonchev–Trinajstić information content (AvgIpc) is 2.32. The minimum atomic E-state index is -0.0450. The molecule has 0 aliphatic heterocycles. The van der Waals surface area contributed by atoms with Gasteiger partial charge in [0, 0.05) is 21.9 Å². The van der Waals surface area contributed by atoms with Crippen molar-refractivity contribution in [1.29, 1.82) is 0 Å². The molecule has 1 heterocycles. The van der Waals surface area contributed by atoms with Crippen molar-refractivity contribution in [2.24, 2.45) is 0 Å². The van der Waals surface area contributed by atoms with Crippen LogP contribution in [0.3, 0.4) is 0 Å². The third kappa shape index (κ3) is 1.54. The van der Waals surface area contributed by atoms with Gasteiger partial charge >= 0.3 is 0 Å². The van der Waals surface area contributed by atoms with Crippen LogP contribution < -0.4 is 0 Å². The Labute approximate surface area is 68.9 Å². The fourth-order valence-corrected chi connectivity index (χ4v) is 1.77. The zero-order valence-electron chi connectivity index (χ0n) is 6.38. The van der Waals surface area contributed by atoms with E-state index in [1.54, 1.807) is 10.8 Å². The highest BCUT2D eigenvalue weighted by Crippen LogP contribution is 2.15. The Kier molecular flexibility index (Phi) is 2.19. The van der Waals surface area contributed by atoms with Gasteiger partial charge in [-0.15, -0.1) is 0 Å². The topological polar surface area (TPSA) is 34.1 Å². The molecule has 0 N–H and O–H groups in total. The fraction of sp³-hybridized carbons (Fsp3) is 0.250. The molecule has 0 fully saturated rings. The minimum Gasteiger partial charge on any atom is -0.294 e. The number of hydrogen-bond donors (Lipinski definition) is 0. The van der Waals surface area contributed by atoms with Gasteiger partial charge in [0.05, 0.1) is 0 Å². The van der Waals surface area contributed by atoms with Crippen LogP contribution in [0.25, 0.3) is 0 Å². The maximum Gasteiger partial charge on any atom is 0.161 e. The molecule has 2 nitrogen and oxygen atoms in total. The van der Waals surface area contributed by atoms with Crippen molar-refractivity contribution in [3.05, 3.63) is 21.9 Å². The van der Waals surface area contributed by atoms with E-state index in [1.807, 2.05) is 0 Å². The Hall–Kier alpha value is -0.960. The van der Waals surface area contributed by atoms with Crippen LogP contribution in [-0.4, -0.2) is 11.6 Å². The van der Waals surface area contributed by atoms with Crippen molar-refractivity contribution in [3.63, 3.8) is 0 Å². The fourth-order valence-electron chi connectivity index (χ4n) is 0.842. The Bertz CT molecular complexity index is 270. The molecule has 11 heavy (non-hydrogen) atoms. The first-order valence-corrected chi connectivity index (χ1v) is 4.15. The third-order valence-electron chi connectivity index (χ3n) is 1.42. The van der Waals surface area contributed by atoms with Crippen molar-refractivity contribution in [2.75, 3.05) is 0 Å². The van der Waals surface area contributed by atoms with Gasteiger partial charge in [-0.25, -0.2) is 0 Å². The smallest absolute Gasteiger partial charge is 0.161 e. The van der Waals surface area contributed by atoms with Crippen LogP contribution in [0.5, 0.6) is 0 Å². The highest BCUT2D eigenvalue weighted by Gasteiger charge is 2.10. The van der Waals surface area contributed by atoms with Crippen LogP contribution >= 0.6 is 11.3 Å². The second-order valence-electron chi connectivity index (χ2n) is 2.31. The van der Waals surface area contributed by atoms with Gasteiger partial charge in [0.1, 0.15) is 0 Å². The zero-order chi connectivity index (χ0) is 8.43. The predicted molar refractivity (Wildman–Crippen MR) is 44.3 cm³/mol. The van der Waals surface area contributed by atoms with Crippen LogP contribution in [0.2, 0.25) is 0 Å². The van der Waals surface area contributed by atoms with E-state index in [2.05, 4.69) is 0 Å². The number of carbonyl (C=O) groups excluding carboxylic acids is 2. The van der Waals surface area contributed by atoms with Gasteiger partial charge in [0.15, 0.2) is 11.6 Å². The van der Waals surface area contributed by atoms with E-state index >= 15 is 0 Å². The Balaban J connectivity index is 3.16. The predicted octanol–water partition coefficient (Wildman–Crippen LogP) is 2.15. The molecular weight excluding hydrogens is 160 g/mol. The first kappa shape index (κ1) is 8.14. The van der Waals surface area contributed by atoms with Gasteiger partial charge in [0.25, 0.3) is 0 Å². The second-order valence-corrected chi connectivity index (χ2v) is 3.06. The molecule has 0 radical (unpaired) electrons. The molecule has 1 rings (SSSR count). The molecule has 1 aromatic heterocycles. The Morgan fingerprint density at radius 2 is 1.45 bits per heavy atom. The van der Waals surface area contributed by atoms with E-state index in [9.17, 15) is 9.59 Å². The first-order valence-electron chi connectivity index (χ1n) is 3.21. The summed E-state index contributed by atoms with van der Waals surface area (Å²) in [5, 5.41) is 3.41. The summed E-state index contributed by atoms with van der Waals surface area (Å²) in [6.45, 7) is 2.93. The molecule has 0 unspecified atom stereocenters. The highest BCUT2D eigenvalue weighted by atomic mass is 32.1. The van der Waals surface area contributed by atoms with Gasteiger partial charge in [-0.2, -0.15) is 11.3 Å². The quantitative estimate of drug-likeness (QED) is 0.634.